The van der Waals surface area contributed by atoms with Crippen molar-refractivity contribution in [3.8, 4) is 0 Å². The molecule has 3 aromatic rings. The van der Waals surface area contributed by atoms with Crippen LogP contribution in [0.4, 0.5) is 27.6 Å². The van der Waals surface area contributed by atoms with Crippen LogP contribution in [0.1, 0.15) is 36.2 Å². The van der Waals surface area contributed by atoms with Crippen LogP contribution in [0.5, 0.6) is 0 Å². The minimum atomic E-state index is -3.50. The molecule has 3 heterocycles. The first kappa shape index (κ1) is 25.9. The van der Waals surface area contributed by atoms with Crippen molar-refractivity contribution in [2.75, 3.05) is 45.3 Å². The Morgan fingerprint density at radius 2 is 1.84 bits per heavy atom. The van der Waals surface area contributed by atoms with Gasteiger partial charge in [-0.3, -0.25) is 14.2 Å². The van der Waals surface area contributed by atoms with Crippen molar-refractivity contribution in [3.05, 3.63) is 64.9 Å². The maximum absolute atomic E-state index is 15.7. The summed E-state index contributed by atoms with van der Waals surface area (Å²) in [5.74, 6) is -1.63. The van der Waals surface area contributed by atoms with Crippen LogP contribution in [0.3, 0.4) is 0 Å². The van der Waals surface area contributed by atoms with Gasteiger partial charge in [0.2, 0.25) is 0 Å². The topological polar surface area (TPSA) is 43.5 Å². The third kappa shape index (κ3) is 5.06. The number of aromatic nitrogens is 1. The van der Waals surface area contributed by atoms with Crippen LogP contribution in [0, 0.1) is 11.6 Å². The molecule has 2 aromatic carbocycles. The van der Waals surface area contributed by atoms with E-state index in [1.165, 1.54) is 17.0 Å². The molecule has 0 saturated carbocycles. The van der Waals surface area contributed by atoms with Crippen molar-refractivity contribution < 1.29 is 26.7 Å². The van der Waals surface area contributed by atoms with E-state index in [4.69, 9.17) is 0 Å². The molecule has 2 aliphatic rings. The number of aromatic amines is 1. The molecular formula is C27H31F5N4O. The van der Waals surface area contributed by atoms with E-state index >= 15 is 8.78 Å². The largest absolute Gasteiger partial charge is 0.380 e. The van der Waals surface area contributed by atoms with Gasteiger partial charge in [-0.1, -0.05) is 18.2 Å². The number of rotatable bonds is 9. The van der Waals surface area contributed by atoms with E-state index in [2.05, 4.69) is 19.9 Å². The zero-order chi connectivity index (χ0) is 26.3. The molecule has 1 saturated heterocycles. The molecule has 5 rings (SSSR count). The number of hydrogen-bond donors (Lipinski definition) is 2. The van der Waals surface area contributed by atoms with E-state index in [-0.39, 0.29) is 24.0 Å². The van der Waals surface area contributed by atoms with Gasteiger partial charge in [0.1, 0.15) is 11.6 Å². The van der Waals surface area contributed by atoms with Gasteiger partial charge >= 0.3 is 6.11 Å². The molecule has 0 amide bonds. The van der Waals surface area contributed by atoms with Crippen molar-refractivity contribution in [1.82, 2.24) is 14.8 Å². The average Bonchev–Trinajstić information content (AvgIpc) is 3.19. The van der Waals surface area contributed by atoms with Gasteiger partial charge in [-0.05, 0) is 43.5 Å². The highest BCUT2D eigenvalue weighted by atomic mass is 19.3. The number of ether oxygens (including phenoxy) is 1. The third-order valence-corrected chi connectivity index (χ3v) is 7.47. The Balaban J connectivity index is 1.50. The summed E-state index contributed by atoms with van der Waals surface area (Å²) < 4.78 is 77.0. The molecule has 10 heteroatoms. The summed E-state index contributed by atoms with van der Waals surface area (Å²) in [7, 11) is 0.915. The molecule has 1 fully saturated rings. The fourth-order valence-electron chi connectivity index (χ4n) is 5.63. The molecule has 5 nitrogen and oxygen atoms in total. The number of likely N-dealkylation sites (tertiary alicyclic amines) is 1. The van der Waals surface area contributed by atoms with Crippen molar-refractivity contribution >= 4 is 16.6 Å². The lowest BCUT2D eigenvalue weighted by Crippen LogP contribution is -2.54. The van der Waals surface area contributed by atoms with E-state index in [0.717, 1.165) is 23.6 Å². The smallest absolute Gasteiger partial charge is 0.368 e. The van der Waals surface area contributed by atoms with Crippen LogP contribution in [-0.2, 0) is 11.2 Å². The predicted molar refractivity (Wildman–Crippen MR) is 133 cm³/mol. The zero-order valence-electron chi connectivity index (χ0n) is 20.8. The van der Waals surface area contributed by atoms with E-state index in [9.17, 15) is 13.2 Å². The predicted octanol–water partition coefficient (Wildman–Crippen LogP) is 5.48. The van der Waals surface area contributed by atoms with Crippen LogP contribution >= 0.6 is 0 Å². The molecule has 37 heavy (non-hydrogen) atoms. The van der Waals surface area contributed by atoms with E-state index in [1.807, 2.05) is 24.3 Å². The zero-order valence-corrected chi connectivity index (χ0v) is 20.8. The first-order chi connectivity index (χ1) is 17.7. The fourth-order valence-corrected chi connectivity index (χ4v) is 5.63. The Kier molecular flexibility index (Phi) is 7.17. The quantitative estimate of drug-likeness (QED) is 0.366. The Bertz CT molecular complexity index is 1240. The van der Waals surface area contributed by atoms with Crippen LogP contribution in [-0.4, -0.2) is 72.9 Å². The highest BCUT2D eigenvalue weighted by Gasteiger charge is 2.44. The Morgan fingerprint density at radius 1 is 1.14 bits per heavy atom. The van der Waals surface area contributed by atoms with Crippen molar-refractivity contribution in [2.45, 2.75) is 44.0 Å². The van der Waals surface area contributed by atoms with Gasteiger partial charge in [-0.15, -0.1) is 0 Å². The van der Waals surface area contributed by atoms with Gasteiger partial charge in [0.15, 0.2) is 0 Å². The number of hydrogen-bond acceptors (Lipinski definition) is 4. The fraction of sp³-hybridized carbons (Fsp3) is 0.481. The molecule has 0 aliphatic carbocycles. The van der Waals surface area contributed by atoms with E-state index in [1.54, 1.807) is 6.92 Å². The standard InChI is InChI=1S/C27H31F5N4O/c1-16-10-20-19-6-3-4-7-23(19)34-25(20)26(36(16)15-27(31,32)37-2)24-21(29)11-17(12-22(24)30)33-18-13-35(14-18)9-5-8-28/h3-4,6-7,11-12,16,18,26,33-34H,5,8-10,13-15H2,1-2H3. The molecule has 200 valence electrons. The monoisotopic (exact) mass is 522 g/mol. The summed E-state index contributed by atoms with van der Waals surface area (Å²) >= 11 is 0. The van der Waals surface area contributed by atoms with Gasteiger partial charge < -0.3 is 15.0 Å². The molecule has 2 N–H and O–H groups in total. The summed E-state index contributed by atoms with van der Waals surface area (Å²) in [6.07, 6.45) is -2.60. The lowest BCUT2D eigenvalue weighted by Gasteiger charge is -2.42. The summed E-state index contributed by atoms with van der Waals surface area (Å²) in [5, 5.41) is 4.04. The second kappa shape index (κ2) is 10.2. The summed E-state index contributed by atoms with van der Waals surface area (Å²) in [5.41, 5.74) is 2.16. The summed E-state index contributed by atoms with van der Waals surface area (Å²) in [6, 6.07) is 8.41. The maximum Gasteiger partial charge on any atom is 0.368 e. The highest BCUT2D eigenvalue weighted by molar-refractivity contribution is 5.85. The Morgan fingerprint density at radius 3 is 2.51 bits per heavy atom. The van der Waals surface area contributed by atoms with E-state index < -0.39 is 36.4 Å². The van der Waals surface area contributed by atoms with Gasteiger partial charge in [0.05, 0.1) is 25.3 Å². The first-order valence-corrected chi connectivity index (χ1v) is 12.5. The van der Waals surface area contributed by atoms with Gasteiger partial charge in [-0.2, -0.15) is 8.78 Å². The Labute approximate surface area is 212 Å². The molecule has 2 atom stereocenters. The number of methoxy groups -OCH3 is 1. The number of nitrogens with zero attached hydrogens (tertiary/aromatic N) is 2. The van der Waals surface area contributed by atoms with Crippen LogP contribution in [0.2, 0.25) is 0 Å². The number of benzene rings is 2. The van der Waals surface area contributed by atoms with Crippen molar-refractivity contribution in [3.63, 3.8) is 0 Å². The summed E-state index contributed by atoms with van der Waals surface area (Å²) in [4.78, 5) is 6.72. The molecular weight excluding hydrogens is 491 g/mol. The minimum absolute atomic E-state index is 0.00355. The van der Waals surface area contributed by atoms with Crippen LogP contribution in [0.15, 0.2) is 36.4 Å². The van der Waals surface area contributed by atoms with Gasteiger partial charge in [-0.25, -0.2) is 8.78 Å². The first-order valence-electron chi connectivity index (χ1n) is 12.5. The minimum Gasteiger partial charge on any atom is -0.380 e. The Hall–Kier alpha value is -2.69. The van der Waals surface area contributed by atoms with E-state index in [0.29, 0.717) is 38.2 Å². The van der Waals surface area contributed by atoms with Crippen molar-refractivity contribution in [1.29, 1.82) is 0 Å². The number of H-pyrrole nitrogens is 1. The molecule has 2 unspecified atom stereocenters. The number of fused-ring (bicyclic) bond motifs is 3. The highest BCUT2D eigenvalue weighted by Crippen LogP contribution is 2.44. The van der Waals surface area contributed by atoms with Gasteiger partial charge in [0.25, 0.3) is 0 Å². The molecule has 0 bridgehead atoms. The maximum atomic E-state index is 15.7. The molecule has 0 radical (unpaired) electrons. The number of para-hydroxylation sites is 1. The molecule has 2 aliphatic heterocycles. The van der Waals surface area contributed by atoms with Crippen LogP contribution in [0.25, 0.3) is 10.9 Å². The average molecular weight is 523 g/mol. The van der Waals surface area contributed by atoms with Crippen molar-refractivity contribution in [2.24, 2.45) is 0 Å². The molecule has 0 spiro atoms. The van der Waals surface area contributed by atoms with Crippen LogP contribution < -0.4 is 5.32 Å². The number of alkyl halides is 3. The normalized spacial score (nSPS) is 21.3. The third-order valence-electron chi connectivity index (χ3n) is 7.47. The number of nitrogens with one attached hydrogen (secondary N) is 2. The number of halogens is 5. The lowest BCUT2D eigenvalue weighted by atomic mass is 9.88. The second-order valence-corrected chi connectivity index (χ2v) is 10.0. The number of anilines is 1. The summed E-state index contributed by atoms with van der Waals surface area (Å²) in [6.45, 7) is 2.54. The second-order valence-electron chi connectivity index (χ2n) is 10.0. The van der Waals surface area contributed by atoms with Gasteiger partial charge in [0, 0.05) is 60.6 Å². The molecule has 1 aromatic heterocycles. The SMILES string of the molecule is COC(F)(F)CN1C(C)Cc2c([nH]c3ccccc23)C1c1c(F)cc(NC2CN(CCCF)C2)cc1F. The lowest BCUT2D eigenvalue weighted by molar-refractivity contribution is -0.236.